The smallest absolute Gasteiger partial charge is 0.257 e. The second-order valence-electron chi connectivity index (χ2n) is 6.32. The maximum Gasteiger partial charge on any atom is 0.257 e. The number of nitrogens with one attached hydrogen (secondary N) is 3. The summed E-state index contributed by atoms with van der Waals surface area (Å²) >= 11 is 0. The summed E-state index contributed by atoms with van der Waals surface area (Å²) in [5, 5.41) is 9.48. The van der Waals surface area contributed by atoms with E-state index in [0.717, 1.165) is 35.6 Å². The number of amides is 1. The van der Waals surface area contributed by atoms with Crippen LogP contribution in [0.3, 0.4) is 0 Å². The fourth-order valence-corrected chi connectivity index (χ4v) is 3.02. The molecule has 5 heteroatoms. The highest BCUT2D eigenvalue weighted by molar-refractivity contribution is 6.31. The fraction of sp³-hybridized carbons (Fsp3) is 0.0909. The highest BCUT2D eigenvalue weighted by Crippen LogP contribution is 2.31. The monoisotopic (exact) mass is 356 g/mol. The van der Waals surface area contributed by atoms with E-state index in [-0.39, 0.29) is 5.91 Å². The van der Waals surface area contributed by atoms with E-state index in [2.05, 4.69) is 27.0 Å². The summed E-state index contributed by atoms with van der Waals surface area (Å²) in [6.45, 7) is 0.847. The molecule has 1 amide bonds. The van der Waals surface area contributed by atoms with Crippen LogP contribution in [0.15, 0.2) is 79.3 Å². The van der Waals surface area contributed by atoms with Crippen molar-refractivity contribution in [1.29, 1.82) is 0 Å². The van der Waals surface area contributed by atoms with Gasteiger partial charge in [-0.15, -0.1) is 0 Å². The van der Waals surface area contributed by atoms with Crippen molar-refractivity contribution in [1.82, 2.24) is 4.98 Å². The van der Waals surface area contributed by atoms with Crippen LogP contribution in [0.2, 0.25) is 0 Å². The van der Waals surface area contributed by atoms with E-state index >= 15 is 0 Å². The van der Waals surface area contributed by atoms with Crippen molar-refractivity contribution in [3.05, 3.63) is 90.4 Å². The van der Waals surface area contributed by atoms with Gasteiger partial charge in [-0.25, -0.2) is 0 Å². The maximum atomic E-state index is 12.1. The minimum absolute atomic E-state index is 0.0858. The zero-order valence-corrected chi connectivity index (χ0v) is 14.8. The molecule has 2 heterocycles. The molecule has 0 saturated heterocycles. The standard InChI is InChI=1S/C22H20N4O/c27-22-20(19-5-1-2-6-21(19)26-22)15-25-18-9-7-17(8-10-18)24-13-11-16-4-3-12-23-14-16/h1-10,12,14-15,24-25H,11,13H2,(H,26,27)/b20-15+. The van der Waals surface area contributed by atoms with Crippen LogP contribution in [-0.2, 0) is 11.2 Å². The van der Waals surface area contributed by atoms with Crippen molar-refractivity contribution in [2.24, 2.45) is 0 Å². The second-order valence-corrected chi connectivity index (χ2v) is 6.32. The Kier molecular flexibility index (Phi) is 4.83. The molecule has 0 saturated carbocycles. The first-order valence-electron chi connectivity index (χ1n) is 8.90. The van der Waals surface area contributed by atoms with Gasteiger partial charge in [0.25, 0.3) is 5.91 Å². The van der Waals surface area contributed by atoms with Gasteiger partial charge in [0.2, 0.25) is 0 Å². The molecular weight excluding hydrogens is 336 g/mol. The Hall–Kier alpha value is -3.60. The molecule has 0 fully saturated rings. The number of hydrogen-bond donors (Lipinski definition) is 3. The van der Waals surface area contributed by atoms with Gasteiger partial charge in [-0.3, -0.25) is 9.78 Å². The Bertz CT molecular complexity index is 965. The average molecular weight is 356 g/mol. The Balaban J connectivity index is 1.35. The summed E-state index contributed by atoms with van der Waals surface area (Å²) in [6, 6.07) is 19.7. The highest BCUT2D eigenvalue weighted by atomic mass is 16.2. The fourth-order valence-electron chi connectivity index (χ4n) is 3.02. The number of fused-ring (bicyclic) bond motifs is 1. The van der Waals surface area contributed by atoms with E-state index in [0.29, 0.717) is 5.57 Å². The van der Waals surface area contributed by atoms with Crippen LogP contribution in [0.1, 0.15) is 11.1 Å². The zero-order valence-electron chi connectivity index (χ0n) is 14.8. The third-order valence-corrected chi connectivity index (χ3v) is 4.44. The summed E-state index contributed by atoms with van der Waals surface area (Å²) in [6.07, 6.45) is 6.35. The number of aromatic nitrogens is 1. The molecule has 1 aliphatic rings. The van der Waals surface area contributed by atoms with Crippen molar-refractivity contribution >= 4 is 28.5 Å². The molecule has 4 rings (SSSR count). The predicted molar refractivity (Wildman–Crippen MR) is 110 cm³/mol. The minimum Gasteiger partial charge on any atom is -0.385 e. The minimum atomic E-state index is -0.0858. The normalized spacial score (nSPS) is 13.9. The summed E-state index contributed by atoms with van der Waals surface area (Å²) in [5.74, 6) is -0.0858. The van der Waals surface area contributed by atoms with Crippen LogP contribution in [0.25, 0.3) is 5.57 Å². The number of carbonyl (C=O) groups excluding carboxylic acids is 1. The first-order valence-corrected chi connectivity index (χ1v) is 8.90. The van der Waals surface area contributed by atoms with Crippen molar-refractivity contribution < 1.29 is 4.79 Å². The van der Waals surface area contributed by atoms with Gasteiger partial charge in [0, 0.05) is 47.8 Å². The quantitative estimate of drug-likeness (QED) is 0.581. The summed E-state index contributed by atoms with van der Waals surface area (Å²) < 4.78 is 0. The number of para-hydroxylation sites is 1. The Labute approximate surface area is 158 Å². The lowest BCUT2D eigenvalue weighted by molar-refractivity contribution is -0.110. The lowest BCUT2D eigenvalue weighted by atomic mass is 10.1. The van der Waals surface area contributed by atoms with E-state index in [1.165, 1.54) is 5.56 Å². The molecular formula is C22H20N4O. The van der Waals surface area contributed by atoms with Gasteiger partial charge >= 0.3 is 0 Å². The molecule has 27 heavy (non-hydrogen) atoms. The molecule has 3 aromatic rings. The number of benzene rings is 2. The second kappa shape index (κ2) is 7.74. The van der Waals surface area contributed by atoms with Gasteiger partial charge < -0.3 is 16.0 Å². The topological polar surface area (TPSA) is 66.1 Å². The van der Waals surface area contributed by atoms with E-state index in [9.17, 15) is 4.79 Å². The average Bonchev–Trinajstić information content (AvgIpc) is 3.03. The molecule has 0 aliphatic carbocycles. The molecule has 134 valence electrons. The van der Waals surface area contributed by atoms with Gasteiger partial charge in [0.15, 0.2) is 0 Å². The zero-order chi connectivity index (χ0) is 18.5. The van der Waals surface area contributed by atoms with Crippen LogP contribution < -0.4 is 16.0 Å². The number of nitrogens with zero attached hydrogens (tertiary/aromatic N) is 1. The van der Waals surface area contributed by atoms with Crippen molar-refractivity contribution in [3.63, 3.8) is 0 Å². The third kappa shape index (κ3) is 3.98. The summed E-state index contributed by atoms with van der Waals surface area (Å²) in [5.41, 5.74) is 5.61. The first kappa shape index (κ1) is 16.8. The third-order valence-electron chi connectivity index (χ3n) is 4.44. The van der Waals surface area contributed by atoms with Gasteiger partial charge in [0.05, 0.1) is 5.57 Å². The molecule has 0 atom stereocenters. The number of anilines is 3. The number of pyridine rings is 1. The van der Waals surface area contributed by atoms with E-state index in [4.69, 9.17) is 0 Å². The first-order chi connectivity index (χ1) is 13.3. The Morgan fingerprint density at radius 1 is 0.963 bits per heavy atom. The van der Waals surface area contributed by atoms with Crippen LogP contribution in [0.4, 0.5) is 17.1 Å². The van der Waals surface area contributed by atoms with Crippen molar-refractivity contribution in [2.45, 2.75) is 6.42 Å². The van der Waals surface area contributed by atoms with Crippen LogP contribution in [0, 0.1) is 0 Å². The molecule has 0 bridgehead atoms. The number of hydrogen-bond acceptors (Lipinski definition) is 4. The number of carbonyl (C=O) groups is 1. The van der Waals surface area contributed by atoms with Gasteiger partial charge in [-0.1, -0.05) is 24.3 Å². The van der Waals surface area contributed by atoms with Crippen LogP contribution >= 0.6 is 0 Å². The molecule has 0 spiro atoms. The number of rotatable bonds is 6. The molecule has 1 aliphatic heterocycles. The Morgan fingerprint density at radius 3 is 2.59 bits per heavy atom. The van der Waals surface area contributed by atoms with Crippen molar-refractivity contribution in [2.75, 3.05) is 22.5 Å². The summed E-state index contributed by atoms with van der Waals surface area (Å²) in [7, 11) is 0. The maximum absolute atomic E-state index is 12.1. The molecule has 5 nitrogen and oxygen atoms in total. The molecule has 0 unspecified atom stereocenters. The van der Waals surface area contributed by atoms with Crippen LogP contribution in [-0.4, -0.2) is 17.4 Å². The van der Waals surface area contributed by atoms with Gasteiger partial charge in [0.1, 0.15) is 0 Å². The van der Waals surface area contributed by atoms with Gasteiger partial charge in [-0.2, -0.15) is 0 Å². The molecule has 3 N–H and O–H groups in total. The molecule has 0 radical (unpaired) electrons. The van der Waals surface area contributed by atoms with E-state index in [1.54, 1.807) is 12.4 Å². The SMILES string of the molecule is O=C1Nc2ccccc2/C1=C\Nc1ccc(NCCc2cccnc2)cc1. The predicted octanol–water partition coefficient (Wildman–Crippen LogP) is 4.14. The van der Waals surface area contributed by atoms with E-state index in [1.807, 2.05) is 60.8 Å². The summed E-state index contributed by atoms with van der Waals surface area (Å²) in [4.78, 5) is 16.2. The highest BCUT2D eigenvalue weighted by Gasteiger charge is 2.23. The van der Waals surface area contributed by atoms with Crippen molar-refractivity contribution in [3.8, 4) is 0 Å². The lowest BCUT2D eigenvalue weighted by Gasteiger charge is -2.08. The molecule has 1 aromatic heterocycles. The Morgan fingerprint density at radius 2 is 1.78 bits per heavy atom. The van der Waals surface area contributed by atoms with Crippen LogP contribution in [0.5, 0.6) is 0 Å². The van der Waals surface area contributed by atoms with Gasteiger partial charge in [-0.05, 0) is 48.4 Å². The van der Waals surface area contributed by atoms with E-state index < -0.39 is 0 Å². The lowest BCUT2D eigenvalue weighted by Crippen LogP contribution is -2.05. The largest absolute Gasteiger partial charge is 0.385 e. The molecule has 2 aromatic carbocycles.